The summed E-state index contributed by atoms with van der Waals surface area (Å²) in [5.41, 5.74) is 3.42. The molecule has 0 aromatic heterocycles. The maximum absolute atomic E-state index is 12.4. The summed E-state index contributed by atoms with van der Waals surface area (Å²) >= 11 is 11.9. The number of hydrogen-bond acceptors (Lipinski definition) is 3. The molecule has 0 heterocycles. The van der Waals surface area contributed by atoms with Crippen LogP contribution in [-0.2, 0) is 9.59 Å². The number of halogens is 2. The van der Waals surface area contributed by atoms with Crippen LogP contribution in [0.15, 0.2) is 36.4 Å². The number of anilines is 1. The Morgan fingerprint density at radius 2 is 1.81 bits per heavy atom. The number of amides is 1. The molecule has 0 aliphatic rings. The number of carbonyl (C=O) groups excluding carboxylic acids is 2. The number of ketones is 1. The molecule has 140 valence electrons. The molecular weight excluding hydrogens is 383 g/mol. The Kier molecular flexibility index (Phi) is 7.41. The van der Waals surface area contributed by atoms with E-state index in [1.165, 1.54) is 6.07 Å². The third-order valence-corrected chi connectivity index (χ3v) is 4.90. The van der Waals surface area contributed by atoms with E-state index in [2.05, 4.69) is 5.32 Å². The van der Waals surface area contributed by atoms with Crippen molar-refractivity contribution in [2.75, 3.05) is 5.32 Å². The minimum absolute atomic E-state index is 0.123. The Balaban J connectivity index is 1.89. The number of carbonyl (C=O) groups is 2. The Morgan fingerprint density at radius 1 is 1.07 bits per heavy atom. The van der Waals surface area contributed by atoms with E-state index >= 15 is 0 Å². The number of aryl methyl sites for hydroxylation is 2. The van der Waals surface area contributed by atoms with Crippen molar-refractivity contribution in [1.82, 2.24) is 0 Å². The molecule has 0 saturated heterocycles. The lowest BCUT2D eigenvalue weighted by Gasteiger charge is -2.11. The number of nitrogens with zero attached hydrogens (tertiary/aromatic N) is 1. The number of rotatable bonds is 7. The quantitative estimate of drug-likeness (QED) is 0.655. The monoisotopic (exact) mass is 402 g/mol. The molecule has 1 atom stereocenters. The van der Waals surface area contributed by atoms with Gasteiger partial charge in [-0.3, -0.25) is 9.59 Å². The summed E-state index contributed by atoms with van der Waals surface area (Å²) in [6.07, 6.45) is 0.682. The normalized spacial score (nSPS) is 11.5. The largest absolute Gasteiger partial charge is 0.326 e. The Hall–Kier alpha value is -2.35. The molecule has 2 aromatic carbocycles. The highest BCUT2D eigenvalue weighted by molar-refractivity contribution is 6.35. The molecule has 1 unspecified atom stereocenters. The fourth-order valence-corrected chi connectivity index (χ4v) is 3.18. The van der Waals surface area contributed by atoms with Crippen molar-refractivity contribution in [1.29, 1.82) is 5.26 Å². The van der Waals surface area contributed by atoms with Crippen molar-refractivity contribution in [3.63, 3.8) is 0 Å². The van der Waals surface area contributed by atoms with Crippen LogP contribution in [0.5, 0.6) is 0 Å². The first-order chi connectivity index (χ1) is 12.8. The summed E-state index contributed by atoms with van der Waals surface area (Å²) in [6.45, 7) is 3.98. The van der Waals surface area contributed by atoms with Gasteiger partial charge in [0.15, 0.2) is 5.78 Å². The first kappa shape index (κ1) is 21.0. The zero-order chi connectivity index (χ0) is 20.0. The summed E-state index contributed by atoms with van der Waals surface area (Å²) < 4.78 is 0. The third-order valence-electron chi connectivity index (χ3n) is 4.34. The molecule has 0 aliphatic carbocycles. The van der Waals surface area contributed by atoms with Gasteiger partial charge in [0, 0.05) is 28.6 Å². The van der Waals surface area contributed by atoms with Gasteiger partial charge in [0.2, 0.25) is 5.91 Å². The summed E-state index contributed by atoms with van der Waals surface area (Å²) in [5.74, 6) is -1.39. The molecule has 4 nitrogen and oxygen atoms in total. The van der Waals surface area contributed by atoms with E-state index in [9.17, 15) is 14.9 Å². The molecule has 0 radical (unpaired) electrons. The Morgan fingerprint density at radius 3 is 2.44 bits per heavy atom. The predicted octanol–water partition coefficient (Wildman–Crippen LogP) is 5.60. The van der Waals surface area contributed by atoms with Gasteiger partial charge in [-0.25, -0.2) is 0 Å². The smallest absolute Gasteiger partial charge is 0.224 e. The summed E-state index contributed by atoms with van der Waals surface area (Å²) in [5, 5.41) is 12.9. The van der Waals surface area contributed by atoms with E-state index < -0.39 is 5.92 Å². The number of benzene rings is 2. The Labute approximate surface area is 169 Å². The third kappa shape index (κ3) is 5.82. The second-order valence-electron chi connectivity index (χ2n) is 6.40. The highest BCUT2D eigenvalue weighted by Gasteiger charge is 2.22. The molecule has 0 saturated carbocycles. The zero-order valence-corrected chi connectivity index (χ0v) is 16.7. The first-order valence-electron chi connectivity index (χ1n) is 8.56. The van der Waals surface area contributed by atoms with Crippen molar-refractivity contribution in [3.05, 3.63) is 63.1 Å². The number of hydrogen-bond donors (Lipinski definition) is 1. The van der Waals surface area contributed by atoms with Crippen molar-refractivity contribution >= 4 is 40.6 Å². The van der Waals surface area contributed by atoms with Crippen LogP contribution in [-0.4, -0.2) is 11.7 Å². The molecule has 0 fully saturated rings. The van der Waals surface area contributed by atoms with Crippen LogP contribution in [0.3, 0.4) is 0 Å². The molecule has 0 aliphatic heterocycles. The van der Waals surface area contributed by atoms with Gasteiger partial charge in [-0.15, -0.1) is 0 Å². The molecule has 0 bridgehead atoms. The van der Waals surface area contributed by atoms with Gasteiger partial charge in [-0.05, 0) is 61.2 Å². The second kappa shape index (κ2) is 9.55. The minimum Gasteiger partial charge on any atom is -0.326 e. The lowest BCUT2D eigenvalue weighted by molar-refractivity contribution is -0.119. The number of nitriles is 1. The lowest BCUT2D eigenvalue weighted by Crippen LogP contribution is -2.14. The molecule has 6 heteroatoms. The molecule has 2 rings (SSSR count). The molecular formula is C21H20Cl2N2O2. The highest BCUT2D eigenvalue weighted by Crippen LogP contribution is 2.29. The fourth-order valence-electron chi connectivity index (χ4n) is 2.66. The first-order valence-corrected chi connectivity index (χ1v) is 9.31. The predicted molar refractivity (Wildman–Crippen MR) is 108 cm³/mol. The van der Waals surface area contributed by atoms with Crippen molar-refractivity contribution < 1.29 is 9.59 Å². The number of Topliss-reactive ketones (excluding diaryl/α,β-unsaturated/α-hetero) is 1. The van der Waals surface area contributed by atoms with E-state index in [0.717, 1.165) is 16.8 Å². The van der Waals surface area contributed by atoms with Crippen LogP contribution in [0, 0.1) is 25.2 Å². The van der Waals surface area contributed by atoms with E-state index in [-0.39, 0.29) is 29.6 Å². The van der Waals surface area contributed by atoms with E-state index in [4.69, 9.17) is 23.2 Å². The summed E-state index contributed by atoms with van der Waals surface area (Å²) in [6, 6.07) is 12.4. The molecule has 2 aromatic rings. The second-order valence-corrected chi connectivity index (χ2v) is 7.24. The van der Waals surface area contributed by atoms with Crippen LogP contribution in [0.1, 0.15) is 41.9 Å². The number of nitrogens with one attached hydrogen (secondary N) is 1. The van der Waals surface area contributed by atoms with E-state index in [1.54, 1.807) is 12.1 Å². The topological polar surface area (TPSA) is 70.0 Å². The van der Waals surface area contributed by atoms with Gasteiger partial charge in [-0.2, -0.15) is 5.26 Å². The molecule has 0 spiro atoms. The lowest BCUT2D eigenvalue weighted by atomic mass is 9.93. The van der Waals surface area contributed by atoms with Gasteiger partial charge < -0.3 is 5.32 Å². The van der Waals surface area contributed by atoms with Crippen LogP contribution in [0.2, 0.25) is 10.0 Å². The van der Waals surface area contributed by atoms with Gasteiger partial charge in [0.1, 0.15) is 5.92 Å². The van der Waals surface area contributed by atoms with Crippen molar-refractivity contribution in [3.8, 4) is 6.07 Å². The van der Waals surface area contributed by atoms with Crippen LogP contribution >= 0.6 is 23.2 Å². The average Bonchev–Trinajstić information content (AvgIpc) is 2.60. The minimum atomic E-state index is -0.961. The van der Waals surface area contributed by atoms with Crippen molar-refractivity contribution in [2.24, 2.45) is 0 Å². The molecule has 27 heavy (non-hydrogen) atoms. The van der Waals surface area contributed by atoms with Gasteiger partial charge in [-0.1, -0.05) is 35.3 Å². The van der Waals surface area contributed by atoms with E-state index in [1.807, 2.05) is 38.1 Å². The summed E-state index contributed by atoms with van der Waals surface area (Å²) in [4.78, 5) is 24.5. The molecule has 1 N–H and O–H groups in total. The SMILES string of the molecule is Cc1ccc(NC(=O)CCCC(=O)C(C#N)c2ccc(Cl)cc2Cl)cc1C. The van der Waals surface area contributed by atoms with Gasteiger partial charge in [0.25, 0.3) is 0 Å². The standard InChI is InChI=1S/C21H20Cl2N2O2/c1-13-6-8-16(10-14(13)2)25-21(27)5-3-4-20(26)18(12-24)17-9-7-15(22)11-19(17)23/h6-11,18H,3-5H2,1-2H3,(H,25,27). The zero-order valence-electron chi connectivity index (χ0n) is 15.2. The van der Waals surface area contributed by atoms with Gasteiger partial charge in [0.05, 0.1) is 6.07 Å². The van der Waals surface area contributed by atoms with Crippen LogP contribution in [0.4, 0.5) is 5.69 Å². The fraction of sp³-hybridized carbons (Fsp3) is 0.286. The van der Waals surface area contributed by atoms with Crippen molar-refractivity contribution in [2.45, 2.75) is 39.0 Å². The highest BCUT2D eigenvalue weighted by atomic mass is 35.5. The summed E-state index contributed by atoms with van der Waals surface area (Å²) in [7, 11) is 0. The van der Waals surface area contributed by atoms with Crippen LogP contribution in [0.25, 0.3) is 0 Å². The maximum Gasteiger partial charge on any atom is 0.224 e. The van der Waals surface area contributed by atoms with Crippen LogP contribution < -0.4 is 5.32 Å². The average molecular weight is 403 g/mol. The molecule has 1 amide bonds. The maximum atomic E-state index is 12.4. The van der Waals surface area contributed by atoms with E-state index in [0.29, 0.717) is 17.0 Å². The Bertz CT molecular complexity index is 904. The van der Waals surface area contributed by atoms with Gasteiger partial charge >= 0.3 is 0 Å².